The summed E-state index contributed by atoms with van der Waals surface area (Å²) in [5.74, 6) is -2.75. The number of esters is 2. The second-order valence-electron chi connectivity index (χ2n) is 6.38. The molecule has 0 spiro atoms. The van der Waals surface area contributed by atoms with Crippen molar-refractivity contribution < 1.29 is 33.4 Å². The summed E-state index contributed by atoms with van der Waals surface area (Å²) in [6, 6.07) is -1.15. The van der Waals surface area contributed by atoms with Gasteiger partial charge in [0, 0.05) is 13.3 Å². The van der Waals surface area contributed by atoms with E-state index in [1.807, 2.05) is 0 Å². The lowest BCUT2D eigenvalue weighted by Gasteiger charge is -2.22. The van der Waals surface area contributed by atoms with Crippen LogP contribution in [0.5, 0.6) is 0 Å². The molecule has 0 bridgehead atoms. The molecule has 9 heteroatoms. The number of Topliss-reactive ketones (excluding diaryl/α,β-unsaturated/α-hetero) is 1. The Kier molecular flexibility index (Phi) is 9.40. The van der Waals surface area contributed by atoms with Gasteiger partial charge in [0.25, 0.3) is 0 Å². The van der Waals surface area contributed by atoms with E-state index in [1.54, 1.807) is 20.8 Å². The van der Waals surface area contributed by atoms with Gasteiger partial charge in [0.15, 0.2) is 5.78 Å². The van der Waals surface area contributed by atoms with E-state index in [-0.39, 0.29) is 31.6 Å². The van der Waals surface area contributed by atoms with Crippen molar-refractivity contribution in [3.63, 3.8) is 0 Å². The summed E-state index contributed by atoms with van der Waals surface area (Å²) in [5.41, 5.74) is -0.724. The van der Waals surface area contributed by atoms with Crippen LogP contribution in [0.2, 0.25) is 0 Å². The minimum absolute atomic E-state index is 0.0795. The van der Waals surface area contributed by atoms with Crippen molar-refractivity contribution >= 4 is 29.5 Å². The second-order valence-corrected chi connectivity index (χ2v) is 6.38. The van der Waals surface area contributed by atoms with E-state index < -0.39 is 35.4 Å². The number of amides is 2. The second kappa shape index (κ2) is 10.4. The monoisotopic (exact) mass is 358 g/mol. The third-order valence-electron chi connectivity index (χ3n) is 2.78. The smallest absolute Gasteiger partial charge is 0.308 e. The standard InChI is InChI=1S/C16H26N2O7/c1-10(19)18-12(8-14(22)25-16(2,3)4)15(23)17-9-11(20)6-7-13(21)24-5/h12H,6-9H2,1-5H3,(H,17,23)(H,18,19)/t12-/m0/s1. The minimum Gasteiger partial charge on any atom is -0.469 e. The molecule has 0 aliphatic rings. The molecule has 0 aromatic rings. The third-order valence-corrected chi connectivity index (χ3v) is 2.78. The molecule has 0 saturated heterocycles. The number of ketones is 1. The van der Waals surface area contributed by atoms with Gasteiger partial charge in [-0.1, -0.05) is 0 Å². The fourth-order valence-electron chi connectivity index (χ4n) is 1.75. The molecule has 0 aliphatic heterocycles. The molecule has 2 amide bonds. The Morgan fingerprint density at radius 1 is 1.00 bits per heavy atom. The molecule has 0 rings (SSSR count). The number of hydrogen-bond donors (Lipinski definition) is 2. The van der Waals surface area contributed by atoms with E-state index in [2.05, 4.69) is 15.4 Å². The van der Waals surface area contributed by atoms with E-state index in [0.29, 0.717) is 0 Å². The highest BCUT2D eigenvalue weighted by Crippen LogP contribution is 2.09. The van der Waals surface area contributed by atoms with Crippen molar-refractivity contribution in [1.82, 2.24) is 10.6 Å². The summed E-state index contributed by atoms with van der Waals surface area (Å²) in [5, 5.41) is 4.68. The van der Waals surface area contributed by atoms with Gasteiger partial charge in [-0.05, 0) is 20.8 Å². The molecule has 0 aromatic carbocycles. The van der Waals surface area contributed by atoms with Crippen LogP contribution in [0.1, 0.15) is 47.0 Å². The van der Waals surface area contributed by atoms with Crippen LogP contribution in [0, 0.1) is 0 Å². The lowest BCUT2D eigenvalue weighted by molar-refractivity contribution is -0.156. The summed E-state index contributed by atoms with van der Waals surface area (Å²) in [4.78, 5) is 57.7. The van der Waals surface area contributed by atoms with E-state index in [0.717, 1.165) is 0 Å². The van der Waals surface area contributed by atoms with E-state index in [4.69, 9.17) is 4.74 Å². The van der Waals surface area contributed by atoms with Gasteiger partial charge in [-0.15, -0.1) is 0 Å². The van der Waals surface area contributed by atoms with Crippen molar-refractivity contribution in [3.05, 3.63) is 0 Å². The average Bonchev–Trinajstić information content (AvgIpc) is 2.47. The first kappa shape index (κ1) is 22.6. The first-order valence-electron chi connectivity index (χ1n) is 7.79. The predicted octanol–water partition coefficient (Wildman–Crippen LogP) is -0.139. The Morgan fingerprint density at radius 2 is 1.60 bits per heavy atom. The van der Waals surface area contributed by atoms with Crippen LogP contribution in [0.3, 0.4) is 0 Å². The summed E-state index contributed by atoms with van der Waals surface area (Å²) in [6.07, 6.45) is -0.527. The Morgan fingerprint density at radius 3 is 2.08 bits per heavy atom. The molecule has 0 saturated carbocycles. The molecular weight excluding hydrogens is 332 g/mol. The average molecular weight is 358 g/mol. The molecule has 0 heterocycles. The van der Waals surface area contributed by atoms with Crippen LogP contribution in [0.15, 0.2) is 0 Å². The molecule has 0 unspecified atom stereocenters. The number of methoxy groups -OCH3 is 1. The fourth-order valence-corrected chi connectivity index (χ4v) is 1.75. The van der Waals surface area contributed by atoms with Gasteiger partial charge >= 0.3 is 11.9 Å². The van der Waals surface area contributed by atoms with Gasteiger partial charge < -0.3 is 20.1 Å². The first-order valence-corrected chi connectivity index (χ1v) is 7.79. The summed E-state index contributed by atoms with van der Waals surface area (Å²) in [6.45, 7) is 5.92. The molecule has 0 aliphatic carbocycles. The zero-order valence-corrected chi connectivity index (χ0v) is 15.3. The van der Waals surface area contributed by atoms with Gasteiger partial charge in [-0.3, -0.25) is 24.0 Å². The number of nitrogens with one attached hydrogen (secondary N) is 2. The van der Waals surface area contributed by atoms with Crippen molar-refractivity contribution in [3.8, 4) is 0 Å². The van der Waals surface area contributed by atoms with Gasteiger partial charge in [0.05, 0.1) is 26.5 Å². The Balaban J connectivity index is 4.58. The first-order chi connectivity index (χ1) is 11.4. The van der Waals surface area contributed by atoms with Crippen LogP contribution in [0.4, 0.5) is 0 Å². The number of carbonyl (C=O) groups excluding carboxylic acids is 5. The zero-order chi connectivity index (χ0) is 19.6. The predicted molar refractivity (Wildman–Crippen MR) is 87.3 cm³/mol. The van der Waals surface area contributed by atoms with Gasteiger partial charge in [0.1, 0.15) is 11.6 Å². The molecular formula is C16H26N2O7. The van der Waals surface area contributed by atoms with Crippen LogP contribution in [-0.4, -0.2) is 54.8 Å². The summed E-state index contributed by atoms with van der Waals surface area (Å²) < 4.78 is 9.53. The van der Waals surface area contributed by atoms with Crippen molar-refractivity contribution in [2.24, 2.45) is 0 Å². The quantitative estimate of drug-likeness (QED) is 0.549. The fraction of sp³-hybridized carbons (Fsp3) is 0.688. The molecule has 0 radical (unpaired) electrons. The number of hydrogen-bond acceptors (Lipinski definition) is 7. The van der Waals surface area contributed by atoms with Crippen molar-refractivity contribution in [2.75, 3.05) is 13.7 Å². The maximum atomic E-state index is 12.1. The highest BCUT2D eigenvalue weighted by Gasteiger charge is 2.26. The lowest BCUT2D eigenvalue weighted by atomic mass is 10.1. The lowest BCUT2D eigenvalue weighted by Crippen LogP contribution is -2.48. The summed E-state index contributed by atoms with van der Waals surface area (Å²) in [7, 11) is 1.21. The number of ether oxygens (including phenoxy) is 2. The highest BCUT2D eigenvalue weighted by atomic mass is 16.6. The zero-order valence-electron chi connectivity index (χ0n) is 15.3. The van der Waals surface area contributed by atoms with E-state index in [1.165, 1.54) is 14.0 Å². The maximum Gasteiger partial charge on any atom is 0.308 e. The SMILES string of the molecule is COC(=O)CCC(=O)CNC(=O)[C@H](CC(=O)OC(C)(C)C)NC(C)=O. The molecule has 1 atom stereocenters. The van der Waals surface area contributed by atoms with Gasteiger partial charge in [-0.2, -0.15) is 0 Å². The van der Waals surface area contributed by atoms with Gasteiger partial charge in [0.2, 0.25) is 11.8 Å². The molecule has 0 aromatic heterocycles. The van der Waals surface area contributed by atoms with Crippen LogP contribution in [-0.2, 0) is 33.4 Å². The highest BCUT2D eigenvalue weighted by molar-refractivity contribution is 5.93. The number of rotatable bonds is 9. The van der Waals surface area contributed by atoms with Crippen LogP contribution in [0.25, 0.3) is 0 Å². The molecule has 25 heavy (non-hydrogen) atoms. The molecule has 2 N–H and O–H groups in total. The Labute approximate surface area is 146 Å². The largest absolute Gasteiger partial charge is 0.469 e. The topological polar surface area (TPSA) is 128 Å². The summed E-state index contributed by atoms with van der Waals surface area (Å²) >= 11 is 0. The maximum absolute atomic E-state index is 12.1. The van der Waals surface area contributed by atoms with Gasteiger partial charge in [-0.25, -0.2) is 0 Å². The van der Waals surface area contributed by atoms with Crippen molar-refractivity contribution in [1.29, 1.82) is 0 Å². The number of carbonyl (C=O) groups is 5. The molecule has 0 fully saturated rings. The molecule has 9 nitrogen and oxygen atoms in total. The normalized spacial score (nSPS) is 11.9. The molecule has 142 valence electrons. The van der Waals surface area contributed by atoms with Crippen LogP contribution < -0.4 is 10.6 Å². The van der Waals surface area contributed by atoms with Crippen molar-refractivity contribution in [2.45, 2.75) is 58.6 Å². The Bertz CT molecular complexity index is 523. The third kappa shape index (κ3) is 11.7. The van der Waals surface area contributed by atoms with E-state index >= 15 is 0 Å². The Hall–Kier alpha value is -2.45. The minimum atomic E-state index is -1.15. The van der Waals surface area contributed by atoms with Crippen LogP contribution >= 0.6 is 0 Å². The van der Waals surface area contributed by atoms with E-state index in [9.17, 15) is 24.0 Å².